The fourth-order valence-corrected chi connectivity index (χ4v) is 3.43. The standard InChI is InChI=1S/C22H25N3O4S/c1-13-9-17-14(2)18(11-15-7-6-8-16(10-15)24-30-23-3)21(26)28-20(17)12-19(13)29-22(27)25(4)5/h6-10,12,23-24H,11H2,1-5H3. The number of rotatable bonds is 6. The molecule has 0 aliphatic carbocycles. The number of ether oxygens (including phenoxy) is 1. The molecule has 3 rings (SSSR count). The van der Waals surface area contributed by atoms with Crippen LogP contribution in [0.2, 0.25) is 0 Å². The Morgan fingerprint density at radius 1 is 1.20 bits per heavy atom. The quantitative estimate of drug-likeness (QED) is 0.449. The topological polar surface area (TPSA) is 83.8 Å². The molecule has 7 nitrogen and oxygen atoms in total. The summed E-state index contributed by atoms with van der Waals surface area (Å²) in [5.74, 6) is 0.373. The molecule has 0 aliphatic rings. The summed E-state index contributed by atoms with van der Waals surface area (Å²) >= 11 is 1.37. The lowest BCUT2D eigenvalue weighted by molar-refractivity contribution is 0.171. The number of aryl methyl sites for hydroxylation is 2. The van der Waals surface area contributed by atoms with E-state index in [1.807, 2.05) is 51.2 Å². The van der Waals surface area contributed by atoms with Crippen LogP contribution in [0.4, 0.5) is 10.5 Å². The largest absolute Gasteiger partial charge is 0.422 e. The molecule has 30 heavy (non-hydrogen) atoms. The van der Waals surface area contributed by atoms with E-state index in [4.69, 9.17) is 9.15 Å². The van der Waals surface area contributed by atoms with Crippen LogP contribution in [0, 0.1) is 13.8 Å². The van der Waals surface area contributed by atoms with Crippen LogP contribution in [-0.2, 0) is 6.42 Å². The summed E-state index contributed by atoms with van der Waals surface area (Å²) in [6.45, 7) is 3.77. The molecule has 2 aromatic carbocycles. The number of fused-ring (bicyclic) bond motifs is 1. The van der Waals surface area contributed by atoms with Crippen molar-refractivity contribution in [1.29, 1.82) is 0 Å². The van der Waals surface area contributed by atoms with E-state index in [0.29, 0.717) is 23.3 Å². The molecule has 0 radical (unpaired) electrons. The van der Waals surface area contributed by atoms with Crippen molar-refractivity contribution in [2.24, 2.45) is 0 Å². The van der Waals surface area contributed by atoms with E-state index in [9.17, 15) is 9.59 Å². The van der Waals surface area contributed by atoms with Gasteiger partial charge in [-0.05, 0) is 55.8 Å². The van der Waals surface area contributed by atoms with E-state index >= 15 is 0 Å². The van der Waals surface area contributed by atoms with Crippen LogP contribution in [0.3, 0.4) is 0 Å². The third-order valence-corrected chi connectivity index (χ3v) is 5.27. The van der Waals surface area contributed by atoms with Gasteiger partial charge in [0.05, 0.1) is 0 Å². The maximum atomic E-state index is 12.7. The molecule has 1 heterocycles. The first-order chi connectivity index (χ1) is 14.3. The molecule has 0 saturated heterocycles. The number of carbonyl (C=O) groups excluding carboxylic acids is 1. The smallest absolute Gasteiger partial charge is 0.414 e. The zero-order valence-corrected chi connectivity index (χ0v) is 18.5. The van der Waals surface area contributed by atoms with Crippen LogP contribution in [0.5, 0.6) is 5.75 Å². The average molecular weight is 428 g/mol. The lowest BCUT2D eigenvalue weighted by atomic mass is 9.98. The molecule has 0 aliphatic heterocycles. The van der Waals surface area contributed by atoms with Gasteiger partial charge >= 0.3 is 11.7 Å². The minimum Gasteiger partial charge on any atom is -0.422 e. The zero-order valence-electron chi connectivity index (χ0n) is 17.7. The molecule has 0 fully saturated rings. The van der Waals surface area contributed by atoms with E-state index in [0.717, 1.165) is 27.8 Å². The van der Waals surface area contributed by atoms with Crippen LogP contribution in [0.25, 0.3) is 11.0 Å². The first kappa shape index (κ1) is 21.7. The molecule has 0 spiro atoms. The lowest BCUT2D eigenvalue weighted by Gasteiger charge is -2.14. The number of nitrogens with one attached hydrogen (secondary N) is 2. The van der Waals surface area contributed by atoms with Crippen molar-refractivity contribution >= 4 is 34.9 Å². The first-order valence-corrected chi connectivity index (χ1v) is 10.3. The number of hydrogen-bond donors (Lipinski definition) is 2. The summed E-state index contributed by atoms with van der Waals surface area (Å²) in [5.41, 5.74) is 4.20. The van der Waals surface area contributed by atoms with E-state index in [1.165, 1.54) is 17.0 Å². The third kappa shape index (κ3) is 4.77. The number of amides is 1. The number of benzene rings is 2. The van der Waals surface area contributed by atoms with Gasteiger partial charge < -0.3 is 18.8 Å². The molecule has 1 aromatic heterocycles. The average Bonchev–Trinajstić information content (AvgIpc) is 2.71. The number of anilines is 1. The molecule has 3 aromatic rings. The maximum absolute atomic E-state index is 12.7. The normalized spacial score (nSPS) is 10.8. The molecule has 158 valence electrons. The molecule has 8 heteroatoms. The van der Waals surface area contributed by atoms with Crippen molar-refractivity contribution in [2.75, 3.05) is 25.9 Å². The summed E-state index contributed by atoms with van der Waals surface area (Å²) in [4.78, 5) is 26.0. The summed E-state index contributed by atoms with van der Waals surface area (Å²) in [6.07, 6.45) is -0.0293. The molecule has 0 bridgehead atoms. The highest BCUT2D eigenvalue weighted by molar-refractivity contribution is 7.98. The first-order valence-electron chi connectivity index (χ1n) is 9.43. The van der Waals surface area contributed by atoms with Crippen LogP contribution in [0.15, 0.2) is 45.6 Å². The highest BCUT2D eigenvalue weighted by atomic mass is 32.2. The summed E-state index contributed by atoms with van der Waals surface area (Å²) in [5, 5.41) is 0.826. The van der Waals surface area contributed by atoms with Crippen molar-refractivity contribution < 1.29 is 13.9 Å². The van der Waals surface area contributed by atoms with Gasteiger partial charge in [0.2, 0.25) is 0 Å². The number of carbonyl (C=O) groups is 1. The van der Waals surface area contributed by atoms with Crippen LogP contribution >= 0.6 is 12.1 Å². The Morgan fingerprint density at radius 2 is 1.97 bits per heavy atom. The third-order valence-electron chi connectivity index (χ3n) is 4.72. The second-order valence-electron chi connectivity index (χ2n) is 7.15. The molecule has 1 amide bonds. The monoisotopic (exact) mass is 427 g/mol. The molecule has 0 atom stereocenters. The van der Waals surface area contributed by atoms with Gasteiger partial charge in [-0.15, -0.1) is 0 Å². The van der Waals surface area contributed by atoms with Crippen LogP contribution in [0.1, 0.15) is 22.3 Å². The van der Waals surface area contributed by atoms with E-state index in [2.05, 4.69) is 9.44 Å². The lowest BCUT2D eigenvalue weighted by Crippen LogP contribution is -2.25. The Bertz CT molecular complexity index is 1140. The van der Waals surface area contributed by atoms with Gasteiger partial charge in [0.15, 0.2) is 0 Å². The summed E-state index contributed by atoms with van der Waals surface area (Å²) < 4.78 is 17.1. The van der Waals surface area contributed by atoms with E-state index in [-0.39, 0.29) is 0 Å². The van der Waals surface area contributed by atoms with Crippen molar-refractivity contribution in [2.45, 2.75) is 20.3 Å². The van der Waals surface area contributed by atoms with Gasteiger partial charge in [-0.2, -0.15) is 0 Å². The second kappa shape index (κ2) is 9.23. The van der Waals surface area contributed by atoms with E-state index < -0.39 is 11.7 Å². The van der Waals surface area contributed by atoms with Crippen molar-refractivity contribution in [1.82, 2.24) is 9.62 Å². The highest BCUT2D eigenvalue weighted by Gasteiger charge is 2.16. The van der Waals surface area contributed by atoms with Gasteiger partial charge in [-0.1, -0.05) is 12.1 Å². The predicted molar refractivity (Wildman–Crippen MR) is 121 cm³/mol. The predicted octanol–water partition coefficient (Wildman–Crippen LogP) is 4.26. The van der Waals surface area contributed by atoms with Crippen molar-refractivity contribution in [3.05, 3.63) is 69.1 Å². The number of nitrogens with zero attached hydrogens (tertiary/aromatic N) is 1. The Kier molecular flexibility index (Phi) is 6.69. The number of hydrogen-bond acceptors (Lipinski definition) is 7. The fourth-order valence-electron chi connectivity index (χ4n) is 3.08. The highest BCUT2D eigenvalue weighted by Crippen LogP contribution is 2.29. The molecule has 0 unspecified atom stereocenters. The van der Waals surface area contributed by atoms with Gasteiger partial charge in [-0.25, -0.2) is 14.3 Å². The Morgan fingerprint density at radius 3 is 2.67 bits per heavy atom. The van der Waals surface area contributed by atoms with Gasteiger partial charge in [0.25, 0.3) is 0 Å². The summed E-state index contributed by atoms with van der Waals surface area (Å²) in [6, 6.07) is 11.4. The van der Waals surface area contributed by atoms with Gasteiger partial charge in [-0.3, -0.25) is 0 Å². The van der Waals surface area contributed by atoms with Gasteiger partial charge in [0, 0.05) is 55.4 Å². The SMILES string of the molecule is CNSNc1cccc(Cc2c(C)c3cc(C)c(OC(=O)N(C)C)cc3oc2=O)c1. The van der Waals surface area contributed by atoms with E-state index in [1.54, 1.807) is 20.2 Å². The van der Waals surface area contributed by atoms with Crippen LogP contribution in [-0.4, -0.2) is 32.1 Å². The maximum Gasteiger partial charge on any atom is 0.414 e. The Hall–Kier alpha value is -2.97. The Labute approximate surface area is 179 Å². The fraction of sp³-hybridized carbons (Fsp3) is 0.273. The summed E-state index contributed by atoms with van der Waals surface area (Å²) in [7, 11) is 5.05. The van der Waals surface area contributed by atoms with Crippen molar-refractivity contribution in [3.8, 4) is 5.75 Å². The molecular weight excluding hydrogens is 402 g/mol. The minimum absolute atomic E-state index is 0.373. The molecular formula is C22H25N3O4S. The van der Waals surface area contributed by atoms with Gasteiger partial charge in [0.1, 0.15) is 11.3 Å². The second-order valence-corrected chi connectivity index (χ2v) is 7.97. The molecule has 2 N–H and O–H groups in total. The molecule has 0 saturated carbocycles. The van der Waals surface area contributed by atoms with Crippen LogP contribution < -0.4 is 19.8 Å². The Balaban J connectivity index is 1.97. The minimum atomic E-state index is -0.488. The van der Waals surface area contributed by atoms with Crippen molar-refractivity contribution in [3.63, 3.8) is 0 Å². The zero-order chi connectivity index (χ0) is 21.8.